The van der Waals surface area contributed by atoms with Crippen molar-refractivity contribution in [1.82, 2.24) is 0 Å². The maximum atomic E-state index is 14.0. The smallest absolute Gasteiger partial charge is 0.187 e. The highest BCUT2D eigenvalue weighted by Gasteiger charge is 2.27. The highest BCUT2D eigenvalue weighted by atomic mass is 35.5. The van der Waals surface area contributed by atoms with Gasteiger partial charge in [0.05, 0.1) is 17.5 Å². The third-order valence-electron chi connectivity index (χ3n) is 4.05. The summed E-state index contributed by atoms with van der Waals surface area (Å²) in [5.41, 5.74) is 11.7. The van der Waals surface area contributed by atoms with Crippen molar-refractivity contribution in [2.75, 3.05) is 11.5 Å². The Kier molecular flexibility index (Phi) is 4.09. The van der Waals surface area contributed by atoms with Crippen LogP contribution in [0.15, 0.2) is 6.07 Å². The lowest BCUT2D eigenvalue weighted by Crippen LogP contribution is -2.29. The molecule has 19 heavy (non-hydrogen) atoms. The van der Waals surface area contributed by atoms with Crippen LogP contribution in [-0.4, -0.2) is 6.10 Å². The van der Waals surface area contributed by atoms with Gasteiger partial charge >= 0.3 is 0 Å². The number of nitrogens with two attached hydrogens (primary N) is 2. The van der Waals surface area contributed by atoms with Gasteiger partial charge in [0.2, 0.25) is 0 Å². The summed E-state index contributed by atoms with van der Waals surface area (Å²) in [7, 11) is 0. The van der Waals surface area contributed by atoms with Crippen molar-refractivity contribution < 1.29 is 9.13 Å². The molecule has 3 nitrogen and oxygen atoms in total. The number of benzene rings is 1. The summed E-state index contributed by atoms with van der Waals surface area (Å²) in [6, 6.07) is 1.44. The van der Waals surface area contributed by atoms with E-state index in [0.717, 1.165) is 19.3 Å². The second-order valence-electron chi connectivity index (χ2n) is 5.52. The van der Waals surface area contributed by atoms with Crippen molar-refractivity contribution in [2.45, 2.75) is 39.2 Å². The van der Waals surface area contributed by atoms with Crippen LogP contribution < -0.4 is 16.2 Å². The number of hydrogen-bond donors (Lipinski definition) is 2. The van der Waals surface area contributed by atoms with Crippen LogP contribution in [0.1, 0.15) is 33.1 Å². The van der Waals surface area contributed by atoms with E-state index >= 15 is 0 Å². The second kappa shape index (κ2) is 5.45. The summed E-state index contributed by atoms with van der Waals surface area (Å²) in [6.07, 6.45) is 2.88. The zero-order valence-electron chi connectivity index (χ0n) is 11.2. The van der Waals surface area contributed by atoms with Gasteiger partial charge < -0.3 is 16.2 Å². The topological polar surface area (TPSA) is 61.3 Å². The van der Waals surface area contributed by atoms with E-state index in [4.69, 9.17) is 27.8 Å². The first-order valence-corrected chi connectivity index (χ1v) is 6.97. The quantitative estimate of drug-likeness (QED) is 0.812. The molecule has 0 saturated heterocycles. The van der Waals surface area contributed by atoms with Gasteiger partial charge in [-0.05, 0) is 37.2 Å². The van der Waals surface area contributed by atoms with Crippen molar-refractivity contribution >= 4 is 23.0 Å². The molecule has 2 rings (SSSR count). The molecule has 5 heteroatoms. The molecule has 0 spiro atoms. The molecule has 0 aliphatic heterocycles. The molecular formula is C14H20ClFN2O. The van der Waals surface area contributed by atoms with Crippen LogP contribution in [0.5, 0.6) is 5.75 Å². The maximum absolute atomic E-state index is 14.0. The Balaban J connectivity index is 2.18. The third-order valence-corrected chi connectivity index (χ3v) is 4.44. The predicted molar refractivity (Wildman–Crippen MR) is 76.8 cm³/mol. The van der Waals surface area contributed by atoms with Gasteiger partial charge in [-0.3, -0.25) is 0 Å². The highest BCUT2D eigenvalue weighted by molar-refractivity contribution is 6.33. The Morgan fingerprint density at radius 3 is 2.53 bits per heavy atom. The van der Waals surface area contributed by atoms with Gasteiger partial charge in [0, 0.05) is 0 Å². The highest BCUT2D eigenvalue weighted by Crippen LogP contribution is 2.38. The fraction of sp³-hybridized carbons (Fsp3) is 0.571. The Bertz CT molecular complexity index is 481. The number of rotatable bonds is 2. The van der Waals surface area contributed by atoms with Gasteiger partial charge in [-0.15, -0.1) is 0 Å². The molecule has 1 aliphatic rings. The molecule has 1 aromatic carbocycles. The SMILES string of the molecule is CC1CCC(Oc2c(N)cc(N)c(Cl)c2F)CC1C. The molecule has 0 bridgehead atoms. The van der Waals surface area contributed by atoms with Crippen LogP contribution in [-0.2, 0) is 0 Å². The van der Waals surface area contributed by atoms with E-state index in [1.165, 1.54) is 6.07 Å². The first-order valence-electron chi connectivity index (χ1n) is 6.59. The summed E-state index contributed by atoms with van der Waals surface area (Å²) in [4.78, 5) is 0. The molecule has 0 amide bonds. The summed E-state index contributed by atoms with van der Waals surface area (Å²) < 4.78 is 19.8. The average molecular weight is 287 g/mol. The summed E-state index contributed by atoms with van der Waals surface area (Å²) in [6.45, 7) is 4.42. The average Bonchev–Trinajstić information content (AvgIpc) is 2.36. The van der Waals surface area contributed by atoms with E-state index < -0.39 is 5.82 Å². The lowest BCUT2D eigenvalue weighted by molar-refractivity contribution is 0.0976. The van der Waals surface area contributed by atoms with Crippen LogP contribution in [0.2, 0.25) is 5.02 Å². The lowest BCUT2D eigenvalue weighted by Gasteiger charge is -2.32. The number of halogens is 2. The van der Waals surface area contributed by atoms with Gasteiger partial charge in [0.1, 0.15) is 5.02 Å². The molecule has 1 aromatic rings. The van der Waals surface area contributed by atoms with E-state index in [1.54, 1.807) is 0 Å². The minimum absolute atomic E-state index is 0.0114. The van der Waals surface area contributed by atoms with Crippen molar-refractivity contribution in [1.29, 1.82) is 0 Å². The maximum Gasteiger partial charge on any atom is 0.187 e. The fourth-order valence-electron chi connectivity index (χ4n) is 2.54. The lowest BCUT2D eigenvalue weighted by atomic mass is 9.80. The van der Waals surface area contributed by atoms with Crippen molar-refractivity contribution in [2.24, 2.45) is 11.8 Å². The van der Waals surface area contributed by atoms with Gasteiger partial charge in [-0.1, -0.05) is 25.4 Å². The van der Waals surface area contributed by atoms with Gasteiger partial charge in [-0.25, -0.2) is 4.39 Å². The summed E-state index contributed by atoms with van der Waals surface area (Å²) in [5, 5.41) is -0.124. The Morgan fingerprint density at radius 1 is 1.21 bits per heavy atom. The molecule has 0 heterocycles. The van der Waals surface area contributed by atoms with Crippen molar-refractivity contribution in [3.8, 4) is 5.75 Å². The molecule has 1 saturated carbocycles. The summed E-state index contributed by atoms with van der Waals surface area (Å²) >= 11 is 5.79. The van der Waals surface area contributed by atoms with E-state index in [1.807, 2.05) is 0 Å². The predicted octanol–water partition coefficient (Wildman–Crippen LogP) is 3.85. The fourth-order valence-corrected chi connectivity index (χ4v) is 2.68. The van der Waals surface area contributed by atoms with Gasteiger partial charge in [0.25, 0.3) is 0 Å². The molecular weight excluding hydrogens is 267 g/mol. The number of anilines is 2. The zero-order valence-corrected chi connectivity index (χ0v) is 12.0. The third kappa shape index (κ3) is 2.89. The molecule has 3 unspecified atom stereocenters. The standard InChI is InChI=1S/C14H20ClFN2O/c1-7-3-4-9(5-8(7)2)19-14-11(18)6-10(17)12(15)13(14)16/h6-9H,3-5,17-18H2,1-2H3. The minimum Gasteiger partial charge on any atom is -0.485 e. The molecule has 0 aromatic heterocycles. The Hall–Kier alpha value is -1.16. The molecule has 0 radical (unpaired) electrons. The first kappa shape index (κ1) is 14.3. The number of hydrogen-bond acceptors (Lipinski definition) is 3. The van der Waals surface area contributed by atoms with E-state index in [9.17, 15) is 4.39 Å². The minimum atomic E-state index is -0.662. The van der Waals surface area contributed by atoms with Gasteiger partial charge in [-0.2, -0.15) is 0 Å². The molecule has 3 atom stereocenters. The Labute approximate surface area is 118 Å². The second-order valence-corrected chi connectivity index (χ2v) is 5.90. The van der Waals surface area contributed by atoms with E-state index in [0.29, 0.717) is 11.8 Å². The Morgan fingerprint density at radius 2 is 1.89 bits per heavy atom. The van der Waals surface area contributed by atoms with Crippen LogP contribution in [0, 0.1) is 17.7 Å². The monoisotopic (exact) mass is 286 g/mol. The largest absolute Gasteiger partial charge is 0.485 e. The zero-order chi connectivity index (χ0) is 14.2. The van der Waals surface area contributed by atoms with Crippen molar-refractivity contribution in [3.63, 3.8) is 0 Å². The van der Waals surface area contributed by atoms with Crippen LogP contribution in [0.4, 0.5) is 15.8 Å². The molecule has 106 valence electrons. The number of ether oxygens (including phenoxy) is 1. The van der Waals surface area contributed by atoms with Crippen LogP contribution >= 0.6 is 11.6 Å². The van der Waals surface area contributed by atoms with Crippen LogP contribution in [0.25, 0.3) is 0 Å². The van der Waals surface area contributed by atoms with E-state index in [-0.39, 0.29) is 28.3 Å². The number of nitrogen functional groups attached to an aromatic ring is 2. The summed E-state index contributed by atoms with van der Waals surface area (Å²) in [5.74, 6) is 0.612. The first-order chi connectivity index (χ1) is 8.90. The molecule has 1 fully saturated rings. The molecule has 1 aliphatic carbocycles. The van der Waals surface area contributed by atoms with E-state index in [2.05, 4.69) is 13.8 Å². The molecule has 4 N–H and O–H groups in total. The normalized spacial score (nSPS) is 27.3. The van der Waals surface area contributed by atoms with Crippen LogP contribution in [0.3, 0.4) is 0 Å². The van der Waals surface area contributed by atoms with Gasteiger partial charge in [0.15, 0.2) is 11.6 Å². The van der Waals surface area contributed by atoms with Crippen molar-refractivity contribution in [3.05, 3.63) is 16.9 Å².